The fourth-order valence-electron chi connectivity index (χ4n) is 2.44. The maximum atomic E-state index is 12.0. The summed E-state index contributed by atoms with van der Waals surface area (Å²) in [6.07, 6.45) is 6.27. The zero-order valence-corrected chi connectivity index (χ0v) is 12.0. The molecular formula is C17H23NO. The van der Waals surface area contributed by atoms with Gasteiger partial charge in [0.25, 0.3) is 0 Å². The number of nitrogens with zero attached hydrogens (tertiary/aromatic N) is 1. The summed E-state index contributed by atoms with van der Waals surface area (Å²) in [7, 11) is 0. The van der Waals surface area contributed by atoms with E-state index in [-0.39, 0.29) is 5.78 Å². The zero-order valence-electron chi connectivity index (χ0n) is 12.0. The Labute approximate surface area is 116 Å². The average Bonchev–Trinajstić information content (AvgIpc) is 2.44. The van der Waals surface area contributed by atoms with E-state index in [0.29, 0.717) is 6.42 Å². The Bertz CT molecular complexity index is 432. The Morgan fingerprint density at radius 3 is 2.32 bits per heavy atom. The van der Waals surface area contributed by atoms with E-state index in [0.717, 1.165) is 18.4 Å². The van der Waals surface area contributed by atoms with Gasteiger partial charge in [-0.15, -0.1) is 0 Å². The molecule has 0 spiro atoms. The van der Waals surface area contributed by atoms with Crippen molar-refractivity contribution >= 4 is 5.78 Å². The molecule has 0 bridgehead atoms. The summed E-state index contributed by atoms with van der Waals surface area (Å²) in [6, 6.07) is 11.7. The third-order valence-electron chi connectivity index (χ3n) is 3.71. The topological polar surface area (TPSA) is 40.9 Å². The van der Waals surface area contributed by atoms with E-state index in [1.165, 1.54) is 26.2 Å². The summed E-state index contributed by atoms with van der Waals surface area (Å²) < 4.78 is 0. The van der Waals surface area contributed by atoms with E-state index in [1.807, 2.05) is 30.3 Å². The van der Waals surface area contributed by atoms with Crippen molar-refractivity contribution in [1.82, 2.24) is 0 Å². The number of rotatable bonds is 8. The molecule has 0 aliphatic carbocycles. The lowest BCUT2D eigenvalue weighted by atomic mass is 9.74. The SMILES string of the molecule is CCCCCCCC(C#N)(C(C)=O)c1ccccc1. The summed E-state index contributed by atoms with van der Waals surface area (Å²) in [4.78, 5) is 12.0. The largest absolute Gasteiger partial charge is 0.298 e. The molecule has 0 aromatic heterocycles. The smallest absolute Gasteiger partial charge is 0.154 e. The van der Waals surface area contributed by atoms with Crippen LogP contribution in [0.3, 0.4) is 0 Å². The highest BCUT2D eigenvalue weighted by Crippen LogP contribution is 2.31. The van der Waals surface area contributed by atoms with Crippen LogP contribution in [0.15, 0.2) is 30.3 Å². The molecular weight excluding hydrogens is 234 g/mol. The number of carbonyl (C=O) groups excluding carboxylic acids is 1. The minimum atomic E-state index is -0.951. The summed E-state index contributed by atoms with van der Waals surface area (Å²) in [6.45, 7) is 3.71. The normalized spacial score (nSPS) is 13.5. The Hall–Kier alpha value is -1.62. The highest BCUT2D eigenvalue weighted by Gasteiger charge is 2.36. The Morgan fingerprint density at radius 1 is 1.16 bits per heavy atom. The van der Waals surface area contributed by atoms with Gasteiger partial charge in [-0.25, -0.2) is 0 Å². The van der Waals surface area contributed by atoms with Crippen LogP contribution in [0.1, 0.15) is 57.9 Å². The van der Waals surface area contributed by atoms with Crippen LogP contribution in [0, 0.1) is 11.3 Å². The summed E-state index contributed by atoms with van der Waals surface area (Å²) in [5.41, 5.74) is -0.117. The molecule has 0 fully saturated rings. The van der Waals surface area contributed by atoms with Crippen LogP contribution in [0.25, 0.3) is 0 Å². The van der Waals surface area contributed by atoms with Gasteiger partial charge < -0.3 is 0 Å². The number of benzene rings is 1. The molecule has 0 radical (unpaired) electrons. The van der Waals surface area contributed by atoms with Crippen LogP contribution >= 0.6 is 0 Å². The van der Waals surface area contributed by atoms with E-state index in [4.69, 9.17) is 0 Å². The van der Waals surface area contributed by atoms with Crippen LogP contribution in [-0.4, -0.2) is 5.78 Å². The Balaban J connectivity index is 2.78. The number of carbonyl (C=O) groups is 1. The first-order valence-corrected chi connectivity index (χ1v) is 7.15. The van der Waals surface area contributed by atoms with Crippen molar-refractivity contribution in [2.45, 2.75) is 57.8 Å². The average molecular weight is 257 g/mol. The monoisotopic (exact) mass is 257 g/mol. The summed E-state index contributed by atoms with van der Waals surface area (Å²) >= 11 is 0. The van der Waals surface area contributed by atoms with Gasteiger partial charge in [-0.05, 0) is 18.9 Å². The molecule has 0 aliphatic rings. The van der Waals surface area contributed by atoms with Crippen molar-refractivity contribution in [3.63, 3.8) is 0 Å². The minimum Gasteiger partial charge on any atom is -0.298 e. The van der Waals surface area contributed by atoms with Gasteiger partial charge in [-0.3, -0.25) is 4.79 Å². The van der Waals surface area contributed by atoms with Gasteiger partial charge in [0.05, 0.1) is 6.07 Å². The van der Waals surface area contributed by atoms with Gasteiger partial charge in [-0.2, -0.15) is 5.26 Å². The van der Waals surface area contributed by atoms with Crippen molar-refractivity contribution in [2.24, 2.45) is 0 Å². The molecule has 0 aliphatic heterocycles. The molecule has 2 heteroatoms. The van der Waals surface area contributed by atoms with Crippen molar-refractivity contribution in [1.29, 1.82) is 5.26 Å². The maximum absolute atomic E-state index is 12.0. The fraction of sp³-hybridized carbons (Fsp3) is 0.529. The molecule has 1 unspecified atom stereocenters. The van der Waals surface area contributed by atoms with Crippen LogP contribution in [0.4, 0.5) is 0 Å². The highest BCUT2D eigenvalue weighted by atomic mass is 16.1. The van der Waals surface area contributed by atoms with E-state index < -0.39 is 5.41 Å². The molecule has 1 aromatic carbocycles. The fourth-order valence-corrected chi connectivity index (χ4v) is 2.44. The van der Waals surface area contributed by atoms with Gasteiger partial charge in [-0.1, -0.05) is 69.4 Å². The van der Waals surface area contributed by atoms with E-state index >= 15 is 0 Å². The number of nitriles is 1. The first-order chi connectivity index (χ1) is 9.17. The predicted molar refractivity (Wildman–Crippen MR) is 77.8 cm³/mol. The van der Waals surface area contributed by atoms with Crippen molar-refractivity contribution < 1.29 is 4.79 Å². The van der Waals surface area contributed by atoms with Crippen molar-refractivity contribution in [2.75, 3.05) is 0 Å². The van der Waals surface area contributed by atoms with Gasteiger partial charge in [0.15, 0.2) is 5.78 Å². The zero-order chi connectivity index (χ0) is 14.1. The second-order valence-electron chi connectivity index (χ2n) is 5.10. The van der Waals surface area contributed by atoms with Crippen molar-refractivity contribution in [3.05, 3.63) is 35.9 Å². The lowest BCUT2D eigenvalue weighted by molar-refractivity contribution is -0.120. The molecule has 0 saturated heterocycles. The highest BCUT2D eigenvalue weighted by molar-refractivity contribution is 5.91. The van der Waals surface area contributed by atoms with E-state index in [1.54, 1.807) is 0 Å². The molecule has 0 saturated carbocycles. The van der Waals surface area contributed by atoms with Crippen LogP contribution in [0.5, 0.6) is 0 Å². The molecule has 19 heavy (non-hydrogen) atoms. The van der Waals surface area contributed by atoms with Gasteiger partial charge in [0, 0.05) is 0 Å². The molecule has 1 aromatic rings. The quantitative estimate of drug-likeness (QED) is 0.648. The number of Topliss-reactive ketones (excluding diaryl/α,β-unsaturated/α-hetero) is 1. The second kappa shape index (κ2) is 7.74. The number of unbranched alkanes of at least 4 members (excludes halogenated alkanes) is 4. The van der Waals surface area contributed by atoms with Gasteiger partial charge in [0.1, 0.15) is 5.41 Å². The Morgan fingerprint density at radius 2 is 1.79 bits per heavy atom. The molecule has 2 nitrogen and oxygen atoms in total. The summed E-state index contributed by atoms with van der Waals surface area (Å²) in [5.74, 6) is -0.0447. The molecule has 1 atom stereocenters. The third-order valence-corrected chi connectivity index (χ3v) is 3.71. The first kappa shape index (κ1) is 15.4. The number of hydrogen-bond acceptors (Lipinski definition) is 2. The minimum absolute atomic E-state index is 0.0447. The van der Waals surface area contributed by atoms with E-state index in [2.05, 4.69) is 13.0 Å². The van der Waals surface area contributed by atoms with Crippen LogP contribution in [-0.2, 0) is 10.2 Å². The first-order valence-electron chi connectivity index (χ1n) is 7.15. The predicted octanol–water partition coefficient (Wildman–Crippen LogP) is 4.40. The maximum Gasteiger partial charge on any atom is 0.154 e. The number of hydrogen-bond donors (Lipinski definition) is 0. The lowest BCUT2D eigenvalue weighted by Crippen LogP contribution is -2.32. The van der Waals surface area contributed by atoms with Crippen molar-refractivity contribution in [3.8, 4) is 6.07 Å². The second-order valence-corrected chi connectivity index (χ2v) is 5.10. The van der Waals surface area contributed by atoms with Crippen LogP contribution < -0.4 is 0 Å². The van der Waals surface area contributed by atoms with E-state index in [9.17, 15) is 10.1 Å². The van der Waals surface area contributed by atoms with Gasteiger partial charge >= 0.3 is 0 Å². The lowest BCUT2D eigenvalue weighted by Gasteiger charge is -2.24. The summed E-state index contributed by atoms with van der Waals surface area (Å²) in [5, 5.41) is 9.53. The molecule has 0 N–H and O–H groups in total. The van der Waals surface area contributed by atoms with Gasteiger partial charge in [0.2, 0.25) is 0 Å². The molecule has 0 amide bonds. The Kier molecular flexibility index (Phi) is 6.29. The third kappa shape index (κ3) is 3.92. The molecule has 102 valence electrons. The van der Waals surface area contributed by atoms with Crippen LogP contribution in [0.2, 0.25) is 0 Å². The standard InChI is InChI=1S/C17H23NO/c1-3-4-5-6-10-13-17(14-18,15(2)19)16-11-8-7-9-12-16/h7-9,11-12H,3-6,10,13H2,1-2H3. The molecule has 0 heterocycles. The molecule has 1 rings (SSSR count). The number of ketones is 1.